The van der Waals surface area contributed by atoms with Crippen LogP contribution in [0, 0.1) is 6.92 Å². The van der Waals surface area contributed by atoms with Gasteiger partial charge in [0.15, 0.2) is 0 Å². The highest BCUT2D eigenvalue weighted by Gasteiger charge is 2.35. The second-order valence-electron chi connectivity index (χ2n) is 5.04. The summed E-state index contributed by atoms with van der Waals surface area (Å²) in [5.74, 6) is 0. The zero-order valence-corrected chi connectivity index (χ0v) is 11.0. The Hall–Kier alpha value is -1.07. The van der Waals surface area contributed by atoms with Crippen LogP contribution in [0.1, 0.15) is 23.6 Å². The Bertz CT molecular complexity index is 411. The third kappa shape index (κ3) is 4.21. The summed E-state index contributed by atoms with van der Waals surface area (Å²) in [5.41, 5.74) is 1.76. The molecule has 2 nitrogen and oxygen atoms in total. The number of halogens is 3. The van der Waals surface area contributed by atoms with Gasteiger partial charge in [-0.1, -0.05) is 29.8 Å². The van der Waals surface area contributed by atoms with Crippen LogP contribution >= 0.6 is 0 Å². The maximum atomic E-state index is 12.8. The van der Waals surface area contributed by atoms with E-state index in [1.165, 1.54) is 0 Å². The van der Waals surface area contributed by atoms with E-state index in [4.69, 9.17) is 0 Å². The van der Waals surface area contributed by atoms with Gasteiger partial charge < -0.3 is 5.32 Å². The van der Waals surface area contributed by atoms with Crippen molar-refractivity contribution in [2.24, 2.45) is 0 Å². The van der Waals surface area contributed by atoms with Gasteiger partial charge in [-0.15, -0.1) is 0 Å². The fourth-order valence-electron chi connectivity index (χ4n) is 2.55. The minimum atomic E-state index is -4.14. The van der Waals surface area contributed by atoms with Crippen LogP contribution in [-0.4, -0.2) is 37.3 Å². The molecule has 0 bridgehead atoms. The number of piperazine rings is 1. The summed E-state index contributed by atoms with van der Waals surface area (Å²) < 4.78 is 38.4. The van der Waals surface area contributed by atoms with E-state index >= 15 is 0 Å². The Morgan fingerprint density at radius 1 is 1.26 bits per heavy atom. The molecule has 1 saturated heterocycles. The maximum absolute atomic E-state index is 12.8. The van der Waals surface area contributed by atoms with E-state index in [0.29, 0.717) is 13.1 Å². The van der Waals surface area contributed by atoms with Crippen LogP contribution < -0.4 is 5.32 Å². The molecule has 0 unspecified atom stereocenters. The Morgan fingerprint density at radius 2 is 1.95 bits per heavy atom. The van der Waals surface area contributed by atoms with Crippen molar-refractivity contribution in [3.63, 3.8) is 0 Å². The fourth-order valence-corrected chi connectivity index (χ4v) is 2.55. The third-order valence-electron chi connectivity index (χ3n) is 3.44. The number of aryl methyl sites for hydroxylation is 1. The average molecular weight is 272 g/mol. The lowest BCUT2D eigenvalue weighted by Crippen LogP contribution is -2.46. The summed E-state index contributed by atoms with van der Waals surface area (Å²) in [5, 5.41) is 3.17. The van der Waals surface area contributed by atoms with Gasteiger partial charge in [0.05, 0.1) is 6.42 Å². The molecule has 5 heteroatoms. The summed E-state index contributed by atoms with van der Waals surface area (Å²) in [6.07, 6.45) is -4.92. The van der Waals surface area contributed by atoms with E-state index in [9.17, 15) is 13.2 Å². The molecule has 1 aromatic carbocycles. The summed E-state index contributed by atoms with van der Waals surface area (Å²) >= 11 is 0. The summed E-state index contributed by atoms with van der Waals surface area (Å²) in [6, 6.07) is 6.83. The number of hydrogen-bond acceptors (Lipinski definition) is 2. The van der Waals surface area contributed by atoms with Crippen LogP contribution in [0.5, 0.6) is 0 Å². The van der Waals surface area contributed by atoms with Crippen molar-refractivity contribution in [1.82, 2.24) is 10.2 Å². The van der Waals surface area contributed by atoms with Crippen LogP contribution in [0.4, 0.5) is 13.2 Å². The predicted octanol–water partition coefficient (Wildman–Crippen LogP) is 2.89. The van der Waals surface area contributed by atoms with Crippen LogP contribution in [-0.2, 0) is 0 Å². The summed E-state index contributed by atoms with van der Waals surface area (Å²) in [7, 11) is 0. The number of rotatable bonds is 3. The van der Waals surface area contributed by atoms with Crippen molar-refractivity contribution in [2.75, 3.05) is 26.2 Å². The molecule has 1 heterocycles. The molecule has 0 amide bonds. The number of nitrogens with one attached hydrogen (secondary N) is 1. The van der Waals surface area contributed by atoms with Crippen molar-refractivity contribution >= 4 is 0 Å². The van der Waals surface area contributed by atoms with E-state index in [1.54, 1.807) is 6.07 Å². The molecule has 1 aliphatic heterocycles. The van der Waals surface area contributed by atoms with Gasteiger partial charge >= 0.3 is 6.18 Å². The molecular weight excluding hydrogens is 253 g/mol. The molecule has 0 aliphatic carbocycles. The lowest BCUT2D eigenvalue weighted by atomic mass is 9.99. The van der Waals surface area contributed by atoms with Gasteiger partial charge in [-0.3, -0.25) is 4.90 Å². The molecule has 0 aromatic heterocycles. The van der Waals surface area contributed by atoms with Crippen molar-refractivity contribution in [2.45, 2.75) is 25.6 Å². The molecular formula is C14H19F3N2. The smallest absolute Gasteiger partial charge is 0.314 e. The highest BCUT2D eigenvalue weighted by molar-refractivity contribution is 5.25. The lowest BCUT2D eigenvalue weighted by molar-refractivity contribution is -0.148. The van der Waals surface area contributed by atoms with Gasteiger partial charge in [0, 0.05) is 32.2 Å². The first kappa shape index (κ1) is 14.3. The van der Waals surface area contributed by atoms with Crippen LogP contribution in [0.2, 0.25) is 0 Å². The number of benzene rings is 1. The number of hydrogen-bond donors (Lipinski definition) is 1. The van der Waals surface area contributed by atoms with Crippen molar-refractivity contribution < 1.29 is 13.2 Å². The first-order valence-corrected chi connectivity index (χ1v) is 6.54. The third-order valence-corrected chi connectivity index (χ3v) is 3.44. The monoisotopic (exact) mass is 272 g/mol. The first-order valence-electron chi connectivity index (χ1n) is 6.54. The Labute approximate surface area is 111 Å². The highest BCUT2D eigenvalue weighted by atomic mass is 19.4. The molecule has 0 radical (unpaired) electrons. The summed E-state index contributed by atoms with van der Waals surface area (Å²) in [4.78, 5) is 1.93. The van der Waals surface area contributed by atoms with E-state index in [1.807, 2.05) is 30.0 Å². The molecule has 1 atom stereocenters. The van der Waals surface area contributed by atoms with Gasteiger partial charge in [-0.05, 0) is 12.5 Å². The van der Waals surface area contributed by atoms with Gasteiger partial charge in [0.25, 0.3) is 0 Å². The number of alkyl halides is 3. The molecule has 1 fully saturated rings. The Balaban J connectivity index is 2.22. The van der Waals surface area contributed by atoms with E-state index < -0.39 is 18.6 Å². The van der Waals surface area contributed by atoms with Crippen molar-refractivity contribution in [3.05, 3.63) is 35.4 Å². The zero-order valence-electron chi connectivity index (χ0n) is 11.0. The van der Waals surface area contributed by atoms with Gasteiger partial charge in [-0.25, -0.2) is 0 Å². The van der Waals surface area contributed by atoms with Gasteiger partial charge in [0.1, 0.15) is 0 Å². The van der Waals surface area contributed by atoms with Crippen molar-refractivity contribution in [1.29, 1.82) is 0 Å². The second-order valence-corrected chi connectivity index (χ2v) is 5.04. The standard InChI is InChI=1S/C14H19F3N2/c1-11-3-2-4-12(9-11)13(10-14(15,16)17)19-7-5-18-6-8-19/h2-4,9,13,18H,5-8,10H2,1H3/t13-/m1/s1. The number of nitrogens with zero attached hydrogens (tertiary/aromatic N) is 1. The second kappa shape index (κ2) is 5.92. The molecule has 19 heavy (non-hydrogen) atoms. The average Bonchev–Trinajstić information content (AvgIpc) is 2.36. The SMILES string of the molecule is Cc1cccc([C@@H](CC(F)(F)F)N2CCNCC2)c1. The zero-order chi connectivity index (χ0) is 13.9. The summed E-state index contributed by atoms with van der Waals surface area (Å²) in [6.45, 7) is 4.73. The largest absolute Gasteiger partial charge is 0.390 e. The molecule has 0 saturated carbocycles. The highest BCUT2D eigenvalue weighted by Crippen LogP contribution is 2.34. The quantitative estimate of drug-likeness (QED) is 0.910. The molecule has 0 spiro atoms. The molecule has 106 valence electrons. The molecule has 1 N–H and O–H groups in total. The normalized spacial score (nSPS) is 19.4. The van der Waals surface area contributed by atoms with E-state index in [-0.39, 0.29) is 0 Å². The van der Waals surface area contributed by atoms with Crippen LogP contribution in [0.3, 0.4) is 0 Å². The van der Waals surface area contributed by atoms with Crippen molar-refractivity contribution in [3.8, 4) is 0 Å². The lowest BCUT2D eigenvalue weighted by Gasteiger charge is -2.35. The van der Waals surface area contributed by atoms with Gasteiger partial charge in [0.2, 0.25) is 0 Å². The first-order chi connectivity index (χ1) is 8.96. The maximum Gasteiger partial charge on any atom is 0.390 e. The minimum absolute atomic E-state index is 0.568. The van der Waals surface area contributed by atoms with E-state index in [0.717, 1.165) is 24.2 Å². The molecule has 2 rings (SSSR count). The topological polar surface area (TPSA) is 15.3 Å². The Morgan fingerprint density at radius 3 is 2.53 bits per heavy atom. The van der Waals surface area contributed by atoms with Crippen LogP contribution in [0.25, 0.3) is 0 Å². The minimum Gasteiger partial charge on any atom is -0.314 e. The molecule has 1 aromatic rings. The Kier molecular flexibility index (Phi) is 4.47. The fraction of sp³-hybridized carbons (Fsp3) is 0.571. The molecule has 1 aliphatic rings. The van der Waals surface area contributed by atoms with E-state index in [2.05, 4.69) is 5.32 Å². The van der Waals surface area contributed by atoms with Crippen LogP contribution in [0.15, 0.2) is 24.3 Å². The van der Waals surface area contributed by atoms with Gasteiger partial charge in [-0.2, -0.15) is 13.2 Å². The predicted molar refractivity (Wildman–Crippen MR) is 69.0 cm³/mol.